The highest BCUT2D eigenvalue weighted by Gasteiger charge is 2.28. The molecule has 0 saturated carbocycles. The van der Waals surface area contributed by atoms with E-state index in [2.05, 4.69) is 38.4 Å². The van der Waals surface area contributed by atoms with E-state index in [1.54, 1.807) is 6.20 Å². The summed E-state index contributed by atoms with van der Waals surface area (Å²) in [5, 5.41) is 13.9. The number of β-amino-alcohol motifs (C(OH)–C–C–N with tert-alkyl or cyclic N) is 1. The van der Waals surface area contributed by atoms with Crippen LogP contribution in [0, 0.1) is 0 Å². The molecule has 0 bridgehead atoms. The summed E-state index contributed by atoms with van der Waals surface area (Å²) < 4.78 is 4.00. The van der Waals surface area contributed by atoms with Crippen LogP contribution in [0.4, 0.5) is 17.2 Å². The molecule has 0 amide bonds. The number of rotatable bonds is 4. The molecular weight excluding hydrogens is 426 g/mol. The van der Waals surface area contributed by atoms with Gasteiger partial charge in [-0.15, -0.1) is 0 Å². The zero-order chi connectivity index (χ0) is 23.3. The summed E-state index contributed by atoms with van der Waals surface area (Å²) in [5.41, 5.74) is 6.07. The third kappa shape index (κ3) is 3.76. The van der Waals surface area contributed by atoms with Crippen LogP contribution in [0.15, 0.2) is 67.4 Å². The van der Waals surface area contributed by atoms with Crippen molar-refractivity contribution in [1.29, 1.82) is 0 Å². The van der Waals surface area contributed by atoms with Crippen LogP contribution < -0.4 is 10.2 Å². The molecule has 1 saturated heterocycles. The Morgan fingerprint density at radius 3 is 2.76 bits per heavy atom. The lowest BCUT2D eigenvalue weighted by Gasteiger charge is -2.38. The number of aromatic nitrogens is 5. The smallest absolute Gasteiger partial charge is 0.180 e. The maximum atomic E-state index is 10.4. The molecule has 1 fully saturated rings. The van der Waals surface area contributed by atoms with Crippen LogP contribution >= 0.6 is 0 Å². The number of benzene rings is 2. The maximum absolute atomic E-state index is 10.4. The predicted octanol–water partition coefficient (Wildman–Crippen LogP) is 4.38. The van der Waals surface area contributed by atoms with E-state index >= 15 is 0 Å². The van der Waals surface area contributed by atoms with E-state index in [0.717, 1.165) is 58.7 Å². The van der Waals surface area contributed by atoms with Crippen LogP contribution in [0.5, 0.6) is 0 Å². The number of anilines is 3. The summed E-state index contributed by atoms with van der Waals surface area (Å²) in [7, 11) is 1.99. The van der Waals surface area contributed by atoms with Crippen LogP contribution in [0.3, 0.4) is 0 Å². The predicted molar refractivity (Wildman–Crippen MR) is 134 cm³/mol. The summed E-state index contributed by atoms with van der Waals surface area (Å²) in [6.45, 7) is 3.52. The molecule has 0 radical (unpaired) electrons. The molecular formula is C26H27N7O. The van der Waals surface area contributed by atoms with E-state index in [1.807, 2.05) is 65.9 Å². The molecule has 1 aliphatic heterocycles. The number of fused-ring (bicyclic) bond motifs is 2. The first-order chi connectivity index (χ1) is 16.4. The summed E-state index contributed by atoms with van der Waals surface area (Å²) in [4.78, 5) is 16.1. The molecule has 4 heterocycles. The SMILES string of the molecule is Cn1cnc2ccc(-c3cn4ccnc4c(Nc4ccc(N5CCC[C@](C)(O)C5)cc4)n3)cc21. The quantitative estimate of drug-likeness (QED) is 0.420. The number of aryl methyl sites for hydroxylation is 1. The number of hydrogen-bond donors (Lipinski definition) is 2. The van der Waals surface area contributed by atoms with Gasteiger partial charge in [-0.3, -0.25) is 0 Å². The summed E-state index contributed by atoms with van der Waals surface area (Å²) in [6.07, 6.45) is 9.37. The van der Waals surface area contributed by atoms with E-state index in [0.29, 0.717) is 12.4 Å². The van der Waals surface area contributed by atoms with Gasteiger partial charge in [-0.05, 0) is 56.2 Å². The molecule has 3 aromatic heterocycles. The average molecular weight is 454 g/mol. The molecule has 5 aromatic rings. The summed E-state index contributed by atoms with van der Waals surface area (Å²) in [5.74, 6) is 0.696. The van der Waals surface area contributed by atoms with Gasteiger partial charge in [0.05, 0.1) is 28.7 Å². The lowest BCUT2D eigenvalue weighted by Crippen LogP contribution is -2.46. The number of nitrogens with one attached hydrogen (secondary N) is 1. The second-order valence-electron chi connectivity index (χ2n) is 9.39. The highest BCUT2D eigenvalue weighted by atomic mass is 16.3. The lowest BCUT2D eigenvalue weighted by atomic mass is 9.95. The zero-order valence-corrected chi connectivity index (χ0v) is 19.3. The number of aliphatic hydroxyl groups is 1. The van der Waals surface area contributed by atoms with Gasteiger partial charge < -0.3 is 24.3 Å². The first kappa shape index (κ1) is 20.7. The van der Waals surface area contributed by atoms with Gasteiger partial charge in [0.15, 0.2) is 11.5 Å². The molecule has 2 aromatic carbocycles. The Morgan fingerprint density at radius 1 is 1.09 bits per heavy atom. The Hall–Kier alpha value is -3.91. The van der Waals surface area contributed by atoms with Crippen molar-refractivity contribution >= 4 is 33.9 Å². The fourth-order valence-electron chi connectivity index (χ4n) is 4.77. The molecule has 34 heavy (non-hydrogen) atoms. The van der Waals surface area contributed by atoms with Gasteiger partial charge in [-0.25, -0.2) is 15.0 Å². The minimum atomic E-state index is -0.635. The first-order valence-corrected chi connectivity index (χ1v) is 11.5. The molecule has 0 aliphatic carbocycles. The molecule has 8 nitrogen and oxygen atoms in total. The molecule has 172 valence electrons. The van der Waals surface area contributed by atoms with Crippen molar-refractivity contribution in [3.05, 3.63) is 67.4 Å². The Kier molecular flexibility index (Phi) is 4.77. The van der Waals surface area contributed by atoms with E-state index in [4.69, 9.17) is 4.98 Å². The van der Waals surface area contributed by atoms with Gasteiger partial charge in [0, 0.05) is 55.7 Å². The first-order valence-electron chi connectivity index (χ1n) is 11.5. The highest BCUT2D eigenvalue weighted by molar-refractivity contribution is 5.82. The van der Waals surface area contributed by atoms with E-state index in [1.165, 1.54) is 0 Å². The van der Waals surface area contributed by atoms with Crippen molar-refractivity contribution in [2.45, 2.75) is 25.4 Å². The van der Waals surface area contributed by atoms with Crippen LogP contribution in [-0.4, -0.2) is 47.7 Å². The standard InChI is InChI=1S/C26H27N7O/c1-26(34)10-3-12-33(16-26)20-7-5-19(6-8-20)29-24-25-27-11-13-32(25)15-22(30-24)18-4-9-21-23(14-18)31(2)17-28-21/h4-9,11,13-15,17,34H,3,10,12,16H2,1-2H3,(H,29,30)/t26-/m0/s1. The molecule has 0 unspecified atom stereocenters. The minimum absolute atomic E-state index is 0.635. The van der Waals surface area contributed by atoms with Gasteiger partial charge in [-0.1, -0.05) is 6.07 Å². The van der Waals surface area contributed by atoms with E-state index in [-0.39, 0.29) is 0 Å². The molecule has 1 atom stereocenters. The third-order valence-electron chi connectivity index (χ3n) is 6.57. The highest BCUT2D eigenvalue weighted by Crippen LogP contribution is 2.29. The number of hydrogen-bond acceptors (Lipinski definition) is 6. The third-order valence-corrected chi connectivity index (χ3v) is 6.57. The van der Waals surface area contributed by atoms with E-state index in [9.17, 15) is 5.11 Å². The van der Waals surface area contributed by atoms with Crippen molar-refractivity contribution in [2.75, 3.05) is 23.3 Å². The number of nitrogens with zero attached hydrogens (tertiary/aromatic N) is 6. The van der Waals surface area contributed by atoms with Crippen molar-refractivity contribution in [1.82, 2.24) is 23.9 Å². The van der Waals surface area contributed by atoms with Gasteiger partial charge >= 0.3 is 0 Å². The average Bonchev–Trinajstić information content (AvgIpc) is 3.45. The molecule has 2 N–H and O–H groups in total. The van der Waals surface area contributed by atoms with E-state index < -0.39 is 5.60 Å². The second-order valence-corrected chi connectivity index (χ2v) is 9.39. The number of piperidine rings is 1. The van der Waals surface area contributed by atoms with Crippen LogP contribution in [0.2, 0.25) is 0 Å². The minimum Gasteiger partial charge on any atom is -0.388 e. The number of imidazole rings is 2. The van der Waals surface area contributed by atoms with Gasteiger partial charge in [-0.2, -0.15) is 0 Å². The molecule has 0 spiro atoms. The van der Waals surface area contributed by atoms with Crippen LogP contribution in [-0.2, 0) is 7.05 Å². The largest absolute Gasteiger partial charge is 0.388 e. The molecule has 8 heteroatoms. The topological polar surface area (TPSA) is 83.5 Å². The maximum Gasteiger partial charge on any atom is 0.180 e. The fraction of sp³-hybridized carbons (Fsp3) is 0.269. The van der Waals surface area contributed by atoms with Crippen LogP contribution in [0.1, 0.15) is 19.8 Å². The molecule has 1 aliphatic rings. The van der Waals surface area contributed by atoms with Gasteiger partial charge in [0.2, 0.25) is 0 Å². The zero-order valence-electron chi connectivity index (χ0n) is 19.3. The summed E-state index contributed by atoms with van der Waals surface area (Å²) in [6, 6.07) is 14.5. The Labute approximate surface area is 197 Å². The van der Waals surface area contributed by atoms with Crippen molar-refractivity contribution in [3.8, 4) is 11.3 Å². The van der Waals surface area contributed by atoms with Crippen molar-refractivity contribution < 1.29 is 5.11 Å². The second kappa shape index (κ2) is 7.85. The fourth-order valence-corrected chi connectivity index (χ4v) is 4.77. The Morgan fingerprint density at radius 2 is 1.94 bits per heavy atom. The van der Waals surface area contributed by atoms with Gasteiger partial charge in [0.1, 0.15) is 0 Å². The van der Waals surface area contributed by atoms with Gasteiger partial charge in [0.25, 0.3) is 0 Å². The van der Waals surface area contributed by atoms with Crippen molar-refractivity contribution in [3.63, 3.8) is 0 Å². The van der Waals surface area contributed by atoms with Crippen molar-refractivity contribution in [2.24, 2.45) is 7.05 Å². The molecule has 6 rings (SSSR count). The normalized spacial score (nSPS) is 18.6. The Bertz CT molecular complexity index is 1480. The summed E-state index contributed by atoms with van der Waals surface area (Å²) >= 11 is 0. The van der Waals surface area contributed by atoms with Crippen LogP contribution in [0.25, 0.3) is 27.9 Å². The lowest BCUT2D eigenvalue weighted by molar-refractivity contribution is 0.0449. The Balaban J connectivity index is 1.31. The monoisotopic (exact) mass is 453 g/mol.